The molecular formula is C20H18N2O3. The average molecular weight is 334 g/mol. The molecule has 0 spiro atoms. The molecule has 0 atom stereocenters. The number of aryl methyl sites for hydroxylation is 1. The van der Waals surface area contributed by atoms with Crippen molar-refractivity contribution in [1.82, 2.24) is 4.98 Å². The van der Waals surface area contributed by atoms with Gasteiger partial charge in [-0.25, -0.2) is 4.98 Å². The van der Waals surface area contributed by atoms with Gasteiger partial charge >= 0.3 is 0 Å². The first kappa shape index (κ1) is 16.6. The summed E-state index contributed by atoms with van der Waals surface area (Å²) in [5.74, 6) is 1.63. The van der Waals surface area contributed by atoms with Gasteiger partial charge in [0.1, 0.15) is 11.5 Å². The van der Waals surface area contributed by atoms with Crippen molar-refractivity contribution in [3.8, 4) is 17.2 Å². The van der Waals surface area contributed by atoms with E-state index in [4.69, 9.17) is 14.6 Å². The van der Waals surface area contributed by atoms with Crippen LogP contribution < -0.4 is 4.74 Å². The normalized spacial score (nSPS) is 10.4. The fourth-order valence-corrected chi connectivity index (χ4v) is 2.45. The topological polar surface area (TPSA) is 76.2 Å². The molecule has 3 rings (SSSR count). The third-order valence-corrected chi connectivity index (χ3v) is 3.77. The molecule has 5 heteroatoms. The van der Waals surface area contributed by atoms with Gasteiger partial charge in [-0.05, 0) is 31.2 Å². The van der Waals surface area contributed by atoms with Crippen molar-refractivity contribution in [1.29, 1.82) is 5.41 Å². The number of rotatable bonds is 7. The number of ketones is 1. The van der Waals surface area contributed by atoms with Gasteiger partial charge in [0.25, 0.3) is 0 Å². The van der Waals surface area contributed by atoms with Crippen molar-refractivity contribution >= 4 is 12.0 Å². The Hall–Kier alpha value is -3.21. The van der Waals surface area contributed by atoms with E-state index in [-0.39, 0.29) is 5.78 Å². The Morgan fingerprint density at radius 3 is 2.76 bits per heavy atom. The molecule has 0 aliphatic carbocycles. The monoisotopic (exact) mass is 334 g/mol. The van der Waals surface area contributed by atoms with Crippen molar-refractivity contribution in [2.75, 3.05) is 6.61 Å². The number of hydrogen-bond donors (Lipinski definition) is 1. The second-order valence-electron chi connectivity index (χ2n) is 5.52. The molecule has 0 unspecified atom stereocenters. The van der Waals surface area contributed by atoms with Crippen molar-refractivity contribution in [3.63, 3.8) is 0 Å². The molecule has 0 aliphatic heterocycles. The summed E-state index contributed by atoms with van der Waals surface area (Å²) in [6.45, 7) is 2.31. The molecule has 5 nitrogen and oxygen atoms in total. The van der Waals surface area contributed by atoms with Crippen LogP contribution in [-0.4, -0.2) is 23.6 Å². The molecule has 25 heavy (non-hydrogen) atoms. The molecular weight excluding hydrogens is 316 g/mol. The van der Waals surface area contributed by atoms with Crippen LogP contribution >= 0.6 is 0 Å². The lowest BCUT2D eigenvalue weighted by Crippen LogP contribution is -2.04. The molecule has 0 saturated carbocycles. The minimum atomic E-state index is -0.342. The first-order valence-electron chi connectivity index (χ1n) is 7.97. The molecule has 0 bridgehead atoms. The lowest BCUT2D eigenvalue weighted by molar-refractivity contribution is 0.106. The van der Waals surface area contributed by atoms with E-state index >= 15 is 0 Å². The average Bonchev–Trinajstić information content (AvgIpc) is 3.03. The first-order valence-corrected chi connectivity index (χ1v) is 7.97. The van der Waals surface area contributed by atoms with Gasteiger partial charge in [-0.15, -0.1) is 0 Å². The summed E-state index contributed by atoms with van der Waals surface area (Å²) in [7, 11) is 0. The van der Waals surface area contributed by atoms with E-state index in [0.29, 0.717) is 30.2 Å². The number of carbonyl (C=O) groups excluding carboxylic acids is 1. The van der Waals surface area contributed by atoms with E-state index in [1.807, 2.05) is 37.3 Å². The molecule has 2 aromatic carbocycles. The standard InChI is InChI=1S/C20H18N2O3/c1-14-18(22-20(25-14)15-6-3-2-4-7-15)10-11-24-17-9-5-8-16(12-17)19(23)13-21/h2-9,12-13,21H,10-11H2,1H3. The second-order valence-corrected chi connectivity index (χ2v) is 5.52. The van der Waals surface area contributed by atoms with E-state index in [2.05, 4.69) is 4.98 Å². The number of nitrogens with one attached hydrogen (secondary N) is 1. The summed E-state index contributed by atoms with van der Waals surface area (Å²) < 4.78 is 11.4. The number of nitrogens with zero attached hydrogens (tertiary/aromatic N) is 1. The Kier molecular flexibility index (Phi) is 5.04. The summed E-state index contributed by atoms with van der Waals surface area (Å²) in [5.41, 5.74) is 2.23. The highest BCUT2D eigenvalue weighted by molar-refractivity contribution is 6.34. The maximum atomic E-state index is 11.5. The molecule has 3 aromatic rings. The van der Waals surface area contributed by atoms with E-state index in [0.717, 1.165) is 23.2 Å². The minimum Gasteiger partial charge on any atom is -0.493 e. The van der Waals surface area contributed by atoms with Crippen LogP contribution in [0.4, 0.5) is 0 Å². The number of Topliss-reactive ketones (excluding diaryl/α,β-unsaturated/α-hetero) is 1. The van der Waals surface area contributed by atoms with Crippen LogP contribution in [0.2, 0.25) is 0 Å². The Labute approximate surface area is 145 Å². The van der Waals surface area contributed by atoms with Crippen molar-refractivity contribution in [2.24, 2.45) is 0 Å². The summed E-state index contributed by atoms with van der Waals surface area (Å²) >= 11 is 0. The van der Waals surface area contributed by atoms with Crippen molar-refractivity contribution in [2.45, 2.75) is 13.3 Å². The highest BCUT2D eigenvalue weighted by Crippen LogP contribution is 2.22. The zero-order valence-electron chi connectivity index (χ0n) is 13.9. The SMILES string of the molecule is Cc1oc(-c2ccccc2)nc1CCOc1cccc(C(=O)C=N)c1. The second kappa shape index (κ2) is 7.57. The quantitative estimate of drug-likeness (QED) is 0.521. The van der Waals surface area contributed by atoms with Gasteiger partial charge in [-0.1, -0.05) is 30.3 Å². The van der Waals surface area contributed by atoms with Crippen molar-refractivity contribution in [3.05, 3.63) is 71.6 Å². The first-order chi connectivity index (χ1) is 12.2. The van der Waals surface area contributed by atoms with Crippen LogP contribution in [0.25, 0.3) is 11.5 Å². The molecule has 1 N–H and O–H groups in total. The summed E-state index contributed by atoms with van der Waals surface area (Å²) in [4.78, 5) is 16.1. The number of ether oxygens (including phenoxy) is 1. The summed E-state index contributed by atoms with van der Waals surface area (Å²) in [5, 5.41) is 7.03. The largest absolute Gasteiger partial charge is 0.493 e. The van der Waals surface area contributed by atoms with E-state index in [1.54, 1.807) is 24.3 Å². The number of aromatic nitrogens is 1. The third kappa shape index (κ3) is 4.01. The number of oxazole rings is 1. The van der Waals surface area contributed by atoms with Crippen LogP contribution in [0.3, 0.4) is 0 Å². The molecule has 0 fully saturated rings. The van der Waals surface area contributed by atoms with Crippen LogP contribution in [0.5, 0.6) is 5.75 Å². The van der Waals surface area contributed by atoms with Gasteiger partial charge in [-0.2, -0.15) is 0 Å². The number of benzene rings is 2. The Morgan fingerprint density at radius 2 is 2.00 bits per heavy atom. The van der Waals surface area contributed by atoms with Gasteiger partial charge in [-0.3, -0.25) is 4.79 Å². The zero-order chi connectivity index (χ0) is 17.6. The predicted octanol–water partition coefficient (Wildman–Crippen LogP) is 4.10. The van der Waals surface area contributed by atoms with Crippen LogP contribution in [-0.2, 0) is 6.42 Å². The minimum absolute atomic E-state index is 0.342. The summed E-state index contributed by atoms with van der Waals surface area (Å²) in [6.07, 6.45) is 1.40. The third-order valence-electron chi connectivity index (χ3n) is 3.77. The fraction of sp³-hybridized carbons (Fsp3) is 0.150. The van der Waals surface area contributed by atoms with Gasteiger partial charge < -0.3 is 14.6 Å². The smallest absolute Gasteiger partial charge is 0.226 e. The maximum absolute atomic E-state index is 11.5. The lowest BCUT2D eigenvalue weighted by Gasteiger charge is -2.06. The zero-order valence-corrected chi connectivity index (χ0v) is 13.9. The Balaban J connectivity index is 1.64. The number of hydrogen-bond acceptors (Lipinski definition) is 5. The van der Waals surface area contributed by atoms with E-state index in [9.17, 15) is 4.79 Å². The molecule has 0 aliphatic rings. The van der Waals surface area contributed by atoms with E-state index < -0.39 is 0 Å². The lowest BCUT2D eigenvalue weighted by atomic mass is 10.1. The van der Waals surface area contributed by atoms with Crippen LogP contribution in [0.15, 0.2) is 59.0 Å². The van der Waals surface area contributed by atoms with Gasteiger partial charge in [0, 0.05) is 17.5 Å². The molecule has 1 aromatic heterocycles. The Bertz CT molecular complexity index is 885. The molecule has 126 valence electrons. The highest BCUT2D eigenvalue weighted by Gasteiger charge is 2.11. The Morgan fingerprint density at radius 1 is 1.20 bits per heavy atom. The van der Waals surface area contributed by atoms with Gasteiger partial charge in [0.2, 0.25) is 11.7 Å². The highest BCUT2D eigenvalue weighted by atomic mass is 16.5. The van der Waals surface area contributed by atoms with Crippen LogP contribution in [0.1, 0.15) is 21.8 Å². The van der Waals surface area contributed by atoms with Crippen molar-refractivity contribution < 1.29 is 13.9 Å². The molecule has 1 heterocycles. The fourth-order valence-electron chi connectivity index (χ4n) is 2.45. The molecule has 0 radical (unpaired) electrons. The summed E-state index contributed by atoms with van der Waals surface area (Å²) in [6, 6.07) is 16.6. The molecule has 0 amide bonds. The van der Waals surface area contributed by atoms with Gasteiger partial charge in [0.15, 0.2) is 0 Å². The molecule has 0 saturated heterocycles. The maximum Gasteiger partial charge on any atom is 0.226 e. The van der Waals surface area contributed by atoms with Crippen LogP contribution in [0, 0.1) is 12.3 Å². The predicted molar refractivity (Wildman–Crippen MR) is 95.4 cm³/mol. The van der Waals surface area contributed by atoms with Gasteiger partial charge in [0.05, 0.1) is 18.5 Å². The van der Waals surface area contributed by atoms with E-state index in [1.165, 1.54) is 0 Å². The number of carbonyl (C=O) groups is 1.